The average molecular weight is 238 g/mol. The number of nitrogens with zero attached hydrogens (tertiary/aromatic N) is 2. The second-order valence-electron chi connectivity index (χ2n) is 4.03. The van der Waals surface area contributed by atoms with Crippen molar-refractivity contribution in [2.24, 2.45) is 5.84 Å². The Morgan fingerprint density at radius 1 is 1.44 bits per heavy atom. The first-order chi connectivity index (χ1) is 7.81. The van der Waals surface area contributed by atoms with Crippen LogP contribution >= 0.6 is 11.8 Å². The van der Waals surface area contributed by atoms with Crippen molar-refractivity contribution in [1.82, 2.24) is 9.97 Å². The lowest BCUT2D eigenvalue weighted by Gasteiger charge is -2.10. The van der Waals surface area contributed by atoms with Crippen LogP contribution in [0.2, 0.25) is 0 Å². The summed E-state index contributed by atoms with van der Waals surface area (Å²) >= 11 is 1.86. The smallest absolute Gasteiger partial charge is 0.144 e. The number of nitrogen functional groups attached to an aromatic ring is 1. The van der Waals surface area contributed by atoms with E-state index in [1.54, 1.807) is 0 Å². The van der Waals surface area contributed by atoms with Crippen molar-refractivity contribution < 1.29 is 0 Å². The number of aromatic nitrogens is 2. The molecule has 2 rings (SSSR count). The molecule has 88 valence electrons. The van der Waals surface area contributed by atoms with Crippen LogP contribution in [0.3, 0.4) is 0 Å². The molecular formula is C11H18N4S. The molecule has 0 spiro atoms. The summed E-state index contributed by atoms with van der Waals surface area (Å²) in [4.78, 5) is 8.80. The van der Waals surface area contributed by atoms with E-state index in [1.165, 1.54) is 25.7 Å². The predicted molar refractivity (Wildman–Crippen MR) is 67.3 cm³/mol. The molecule has 1 fully saturated rings. The highest BCUT2D eigenvalue weighted by atomic mass is 32.2. The van der Waals surface area contributed by atoms with Crippen molar-refractivity contribution in [1.29, 1.82) is 0 Å². The van der Waals surface area contributed by atoms with E-state index in [0.29, 0.717) is 5.82 Å². The molecule has 0 radical (unpaired) electrons. The van der Waals surface area contributed by atoms with E-state index < -0.39 is 0 Å². The van der Waals surface area contributed by atoms with Crippen LogP contribution < -0.4 is 11.3 Å². The monoisotopic (exact) mass is 238 g/mol. The lowest BCUT2D eigenvalue weighted by molar-refractivity contribution is 0.869. The fourth-order valence-corrected chi connectivity index (χ4v) is 3.19. The van der Waals surface area contributed by atoms with E-state index in [0.717, 1.165) is 22.5 Å². The Balaban J connectivity index is 2.12. The van der Waals surface area contributed by atoms with E-state index in [9.17, 15) is 0 Å². The molecule has 1 aromatic rings. The maximum Gasteiger partial charge on any atom is 0.144 e. The summed E-state index contributed by atoms with van der Waals surface area (Å²) in [5.74, 6) is 6.97. The first-order valence-electron chi connectivity index (χ1n) is 5.83. The van der Waals surface area contributed by atoms with Gasteiger partial charge in [0.15, 0.2) is 0 Å². The Labute approximate surface area is 100 Å². The molecule has 0 aromatic carbocycles. The quantitative estimate of drug-likeness (QED) is 0.479. The van der Waals surface area contributed by atoms with E-state index in [1.807, 2.05) is 17.8 Å². The van der Waals surface area contributed by atoms with Crippen LogP contribution in [0.4, 0.5) is 5.82 Å². The van der Waals surface area contributed by atoms with Gasteiger partial charge < -0.3 is 5.43 Å². The summed E-state index contributed by atoms with van der Waals surface area (Å²) in [5.41, 5.74) is 2.60. The molecule has 0 unspecified atom stereocenters. The number of hydrogen-bond acceptors (Lipinski definition) is 5. The summed E-state index contributed by atoms with van der Waals surface area (Å²) in [6.07, 6.45) is 6.16. The van der Waals surface area contributed by atoms with Gasteiger partial charge in [-0.1, -0.05) is 19.8 Å². The second kappa shape index (κ2) is 5.50. The number of anilines is 1. The second-order valence-corrected chi connectivity index (χ2v) is 5.35. The predicted octanol–water partition coefficient (Wildman–Crippen LogP) is 2.36. The Morgan fingerprint density at radius 3 is 2.81 bits per heavy atom. The largest absolute Gasteiger partial charge is 0.308 e. The number of hydrazine groups is 1. The fourth-order valence-electron chi connectivity index (χ4n) is 1.94. The standard InChI is InChI=1S/C11H18N4S/c1-2-9-13-10(15-12)7-11(14-9)16-8-5-3-4-6-8/h7-8H,2-6,12H2,1H3,(H,13,14,15). The third-order valence-electron chi connectivity index (χ3n) is 2.80. The Kier molecular flexibility index (Phi) is 4.01. The number of nitrogens with one attached hydrogen (secondary N) is 1. The topological polar surface area (TPSA) is 63.8 Å². The van der Waals surface area contributed by atoms with Crippen molar-refractivity contribution in [2.75, 3.05) is 5.43 Å². The Bertz CT molecular complexity index is 328. The van der Waals surface area contributed by atoms with Crippen LogP contribution in [-0.4, -0.2) is 15.2 Å². The van der Waals surface area contributed by atoms with Crippen molar-refractivity contribution in [3.8, 4) is 0 Å². The first-order valence-corrected chi connectivity index (χ1v) is 6.71. The molecule has 1 aliphatic carbocycles. The van der Waals surface area contributed by atoms with Crippen LogP contribution in [0.1, 0.15) is 38.4 Å². The SMILES string of the molecule is CCc1nc(NN)cc(SC2CCCC2)n1. The Hall–Kier alpha value is -0.810. The zero-order valence-corrected chi connectivity index (χ0v) is 10.4. The molecule has 1 saturated carbocycles. The highest BCUT2D eigenvalue weighted by Gasteiger charge is 2.17. The van der Waals surface area contributed by atoms with Gasteiger partial charge in [-0.2, -0.15) is 0 Å². The highest BCUT2D eigenvalue weighted by molar-refractivity contribution is 7.99. The van der Waals surface area contributed by atoms with Gasteiger partial charge in [-0.05, 0) is 12.8 Å². The molecule has 0 atom stereocenters. The molecule has 4 nitrogen and oxygen atoms in total. The van der Waals surface area contributed by atoms with Gasteiger partial charge in [0.05, 0.1) is 0 Å². The van der Waals surface area contributed by atoms with Crippen molar-refractivity contribution in [2.45, 2.75) is 49.3 Å². The van der Waals surface area contributed by atoms with Crippen molar-refractivity contribution >= 4 is 17.6 Å². The van der Waals surface area contributed by atoms with Crippen LogP contribution in [0.25, 0.3) is 0 Å². The van der Waals surface area contributed by atoms with Crippen LogP contribution in [0.5, 0.6) is 0 Å². The fraction of sp³-hybridized carbons (Fsp3) is 0.636. The van der Waals surface area contributed by atoms with Crippen LogP contribution in [0, 0.1) is 0 Å². The van der Waals surface area contributed by atoms with E-state index in [-0.39, 0.29) is 0 Å². The number of hydrogen-bond donors (Lipinski definition) is 2. The third-order valence-corrected chi connectivity index (χ3v) is 4.06. The van der Waals surface area contributed by atoms with Gasteiger partial charge in [0, 0.05) is 17.7 Å². The zero-order valence-electron chi connectivity index (χ0n) is 9.57. The Morgan fingerprint density at radius 2 is 2.19 bits per heavy atom. The molecule has 1 aromatic heterocycles. The van der Waals surface area contributed by atoms with E-state index in [4.69, 9.17) is 5.84 Å². The number of thioether (sulfide) groups is 1. The van der Waals surface area contributed by atoms with Gasteiger partial charge in [-0.15, -0.1) is 11.8 Å². The van der Waals surface area contributed by atoms with E-state index >= 15 is 0 Å². The first kappa shape index (κ1) is 11.7. The molecule has 1 aliphatic rings. The molecule has 16 heavy (non-hydrogen) atoms. The summed E-state index contributed by atoms with van der Waals surface area (Å²) in [5, 5.41) is 1.77. The van der Waals surface area contributed by atoms with Crippen molar-refractivity contribution in [3.05, 3.63) is 11.9 Å². The van der Waals surface area contributed by atoms with Gasteiger partial charge in [0.2, 0.25) is 0 Å². The van der Waals surface area contributed by atoms with Crippen LogP contribution in [-0.2, 0) is 6.42 Å². The maximum absolute atomic E-state index is 5.40. The molecule has 5 heteroatoms. The minimum absolute atomic E-state index is 0.715. The van der Waals surface area contributed by atoms with Crippen molar-refractivity contribution in [3.63, 3.8) is 0 Å². The summed E-state index contributed by atoms with van der Waals surface area (Å²) in [6, 6.07) is 1.93. The number of rotatable bonds is 4. The highest BCUT2D eigenvalue weighted by Crippen LogP contribution is 2.34. The van der Waals surface area contributed by atoms with Gasteiger partial charge in [-0.3, -0.25) is 0 Å². The normalized spacial score (nSPS) is 16.6. The minimum Gasteiger partial charge on any atom is -0.308 e. The van der Waals surface area contributed by atoms with Gasteiger partial charge in [0.25, 0.3) is 0 Å². The molecule has 3 N–H and O–H groups in total. The average Bonchev–Trinajstić information content (AvgIpc) is 2.81. The third kappa shape index (κ3) is 2.86. The van der Waals surface area contributed by atoms with Crippen LogP contribution in [0.15, 0.2) is 11.1 Å². The number of aryl methyl sites for hydroxylation is 1. The van der Waals surface area contributed by atoms with E-state index in [2.05, 4.69) is 22.3 Å². The molecule has 0 bridgehead atoms. The summed E-state index contributed by atoms with van der Waals surface area (Å²) in [6.45, 7) is 2.06. The van der Waals surface area contributed by atoms with Gasteiger partial charge >= 0.3 is 0 Å². The molecule has 0 saturated heterocycles. The summed E-state index contributed by atoms with van der Waals surface area (Å²) in [7, 11) is 0. The lowest BCUT2D eigenvalue weighted by atomic mass is 10.4. The minimum atomic E-state index is 0.715. The maximum atomic E-state index is 5.40. The van der Waals surface area contributed by atoms with Gasteiger partial charge in [0.1, 0.15) is 16.7 Å². The number of nitrogens with two attached hydrogens (primary N) is 1. The summed E-state index contributed by atoms with van der Waals surface area (Å²) < 4.78 is 0. The molecule has 0 amide bonds. The zero-order chi connectivity index (χ0) is 11.4. The van der Waals surface area contributed by atoms with Gasteiger partial charge in [-0.25, -0.2) is 15.8 Å². The lowest BCUT2D eigenvalue weighted by Crippen LogP contribution is -2.11. The molecule has 0 aliphatic heterocycles. The molecular weight excluding hydrogens is 220 g/mol. The molecule has 1 heterocycles.